The van der Waals surface area contributed by atoms with Crippen LogP contribution in [0.15, 0.2) is 0 Å². The molecule has 0 aromatic rings. The Hall–Kier alpha value is -0.330. The highest BCUT2D eigenvalue weighted by Gasteiger charge is 2.27. The predicted molar refractivity (Wildman–Crippen MR) is 71.3 cm³/mol. The van der Waals surface area contributed by atoms with Crippen molar-refractivity contribution in [2.24, 2.45) is 0 Å². The van der Waals surface area contributed by atoms with Crippen molar-refractivity contribution in [1.29, 1.82) is 0 Å². The molecule has 1 N–H and O–H groups in total. The van der Waals surface area contributed by atoms with E-state index >= 15 is 0 Å². The summed E-state index contributed by atoms with van der Waals surface area (Å²) >= 11 is 0. The molecule has 116 valence electrons. The molecule has 6 heteroatoms. The largest absolute Gasteiger partial charge is 0.411 e. The smallest absolute Gasteiger partial charge is 0.372 e. The van der Waals surface area contributed by atoms with Crippen molar-refractivity contribution >= 4 is 0 Å². The van der Waals surface area contributed by atoms with Crippen molar-refractivity contribution in [3.8, 4) is 0 Å². The van der Waals surface area contributed by atoms with Crippen LogP contribution in [-0.4, -0.2) is 56.0 Å². The third kappa shape index (κ3) is 11.2. The summed E-state index contributed by atoms with van der Waals surface area (Å²) in [5, 5.41) is 3.22. The zero-order valence-electron chi connectivity index (χ0n) is 12.4. The number of halogens is 3. The molecule has 19 heavy (non-hydrogen) atoms. The number of ether oxygens (including phenoxy) is 1. The van der Waals surface area contributed by atoms with Gasteiger partial charge in [-0.05, 0) is 40.7 Å². The normalized spacial score (nSPS) is 12.9. The first-order valence-corrected chi connectivity index (χ1v) is 6.85. The Labute approximate surface area is 114 Å². The summed E-state index contributed by atoms with van der Waals surface area (Å²) in [6, 6.07) is 0.994. The van der Waals surface area contributed by atoms with Gasteiger partial charge in [-0.25, -0.2) is 0 Å². The molecule has 0 aromatic heterocycles. The maximum Gasteiger partial charge on any atom is 0.411 e. The molecule has 0 rings (SSSR count). The molecule has 0 aliphatic rings. The first-order chi connectivity index (χ1) is 8.74. The Kier molecular flexibility index (Phi) is 9.39. The molecule has 0 aliphatic carbocycles. The molecule has 0 aromatic carbocycles. The summed E-state index contributed by atoms with van der Waals surface area (Å²) in [6.07, 6.45) is -3.62. The highest BCUT2D eigenvalue weighted by atomic mass is 19.4. The maximum absolute atomic E-state index is 11.8. The molecule has 0 spiro atoms. The van der Waals surface area contributed by atoms with Gasteiger partial charge >= 0.3 is 6.18 Å². The van der Waals surface area contributed by atoms with Crippen molar-refractivity contribution in [1.82, 2.24) is 10.2 Å². The maximum atomic E-state index is 11.8. The summed E-state index contributed by atoms with van der Waals surface area (Å²) in [5.74, 6) is 0. The van der Waals surface area contributed by atoms with E-state index < -0.39 is 12.8 Å². The molecule has 0 atom stereocenters. The average molecular weight is 284 g/mol. The van der Waals surface area contributed by atoms with Crippen LogP contribution in [0.4, 0.5) is 13.2 Å². The number of nitrogens with zero attached hydrogens (tertiary/aromatic N) is 1. The van der Waals surface area contributed by atoms with Crippen molar-refractivity contribution in [3.05, 3.63) is 0 Å². The van der Waals surface area contributed by atoms with Gasteiger partial charge < -0.3 is 10.1 Å². The minimum atomic E-state index is -4.22. The lowest BCUT2D eigenvalue weighted by molar-refractivity contribution is -0.173. The monoisotopic (exact) mass is 284 g/mol. The first-order valence-electron chi connectivity index (χ1n) is 6.85. The Balaban J connectivity index is 3.45. The zero-order valence-corrected chi connectivity index (χ0v) is 12.4. The van der Waals surface area contributed by atoms with Crippen molar-refractivity contribution < 1.29 is 17.9 Å². The van der Waals surface area contributed by atoms with Crippen LogP contribution in [0, 0.1) is 0 Å². The lowest BCUT2D eigenvalue weighted by Crippen LogP contribution is -2.41. The highest BCUT2D eigenvalue weighted by molar-refractivity contribution is 4.68. The van der Waals surface area contributed by atoms with Crippen molar-refractivity contribution in [3.63, 3.8) is 0 Å². The van der Waals surface area contributed by atoms with Gasteiger partial charge in [-0.15, -0.1) is 0 Å². The van der Waals surface area contributed by atoms with Crippen LogP contribution in [0.2, 0.25) is 0 Å². The van der Waals surface area contributed by atoms with E-state index in [1.54, 1.807) is 0 Å². The molecule has 0 heterocycles. The lowest BCUT2D eigenvalue weighted by atomic mass is 10.2. The van der Waals surface area contributed by atoms with Crippen LogP contribution < -0.4 is 5.32 Å². The van der Waals surface area contributed by atoms with Crippen LogP contribution in [0.5, 0.6) is 0 Å². The van der Waals surface area contributed by atoms with Gasteiger partial charge in [0.2, 0.25) is 0 Å². The minimum Gasteiger partial charge on any atom is -0.372 e. The van der Waals surface area contributed by atoms with Crippen molar-refractivity contribution in [2.45, 2.75) is 52.4 Å². The highest BCUT2D eigenvalue weighted by Crippen LogP contribution is 2.14. The number of alkyl halides is 3. The summed E-state index contributed by atoms with van der Waals surface area (Å²) in [5.41, 5.74) is 0. The van der Waals surface area contributed by atoms with Gasteiger partial charge in [0.25, 0.3) is 0 Å². The molecule has 0 bridgehead atoms. The van der Waals surface area contributed by atoms with Gasteiger partial charge in [0.15, 0.2) is 0 Å². The minimum absolute atomic E-state index is 0.143. The van der Waals surface area contributed by atoms with Crippen LogP contribution in [-0.2, 0) is 4.74 Å². The lowest BCUT2D eigenvalue weighted by Gasteiger charge is -2.30. The fourth-order valence-corrected chi connectivity index (χ4v) is 1.93. The van der Waals surface area contributed by atoms with Gasteiger partial charge in [0.05, 0.1) is 0 Å². The predicted octanol–water partition coefficient (Wildman–Crippen LogP) is 2.66. The number of rotatable bonds is 10. The SMILES string of the molecule is CC(C)N(CCNCCCOCC(F)(F)F)C(C)C. The first kappa shape index (κ1) is 18.7. The van der Waals surface area contributed by atoms with Crippen LogP contribution in [0.3, 0.4) is 0 Å². The third-order valence-corrected chi connectivity index (χ3v) is 2.78. The van der Waals surface area contributed by atoms with Crippen LogP contribution >= 0.6 is 0 Å². The quantitative estimate of drug-likeness (QED) is 0.624. The zero-order chi connectivity index (χ0) is 14.9. The molecule has 0 amide bonds. The molecule has 0 fully saturated rings. The molecular weight excluding hydrogens is 257 g/mol. The molecule has 0 radical (unpaired) electrons. The van der Waals surface area contributed by atoms with E-state index in [0.29, 0.717) is 25.0 Å². The second-order valence-electron chi connectivity index (χ2n) is 5.20. The average Bonchev–Trinajstić information content (AvgIpc) is 2.24. The third-order valence-electron chi connectivity index (χ3n) is 2.78. The molecule has 3 nitrogen and oxygen atoms in total. The fourth-order valence-electron chi connectivity index (χ4n) is 1.93. The standard InChI is InChI=1S/C13H27F3N2O/c1-11(2)18(12(3)4)8-7-17-6-5-9-19-10-13(14,15)16/h11-12,17H,5-10H2,1-4H3. The topological polar surface area (TPSA) is 24.5 Å². The van der Waals surface area contributed by atoms with Crippen LogP contribution in [0.1, 0.15) is 34.1 Å². The van der Waals surface area contributed by atoms with Gasteiger partial charge in [0, 0.05) is 31.8 Å². The summed E-state index contributed by atoms with van der Waals surface area (Å²) in [7, 11) is 0. The van der Waals surface area contributed by atoms with E-state index in [0.717, 1.165) is 13.1 Å². The molecular formula is C13H27F3N2O. The Bertz CT molecular complexity index is 212. The number of hydrogen-bond donors (Lipinski definition) is 1. The second-order valence-corrected chi connectivity index (χ2v) is 5.20. The van der Waals surface area contributed by atoms with E-state index in [-0.39, 0.29) is 6.61 Å². The fraction of sp³-hybridized carbons (Fsp3) is 1.00. The van der Waals surface area contributed by atoms with Crippen molar-refractivity contribution in [2.75, 3.05) is 32.8 Å². The summed E-state index contributed by atoms with van der Waals surface area (Å²) in [4.78, 5) is 2.37. The molecule has 0 unspecified atom stereocenters. The van der Waals surface area contributed by atoms with E-state index in [1.807, 2.05) is 0 Å². The second kappa shape index (κ2) is 9.55. The van der Waals surface area contributed by atoms with E-state index in [4.69, 9.17) is 0 Å². The Morgan fingerprint density at radius 2 is 1.63 bits per heavy atom. The summed E-state index contributed by atoms with van der Waals surface area (Å²) < 4.78 is 39.9. The Morgan fingerprint density at radius 1 is 1.05 bits per heavy atom. The van der Waals surface area contributed by atoms with Gasteiger partial charge in [-0.1, -0.05) is 0 Å². The van der Waals surface area contributed by atoms with E-state index in [1.165, 1.54) is 0 Å². The van der Waals surface area contributed by atoms with Gasteiger partial charge in [-0.2, -0.15) is 13.2 Å². The summed E-state index contributed by atoms with van der Waals surface area (Å²) in [6.45, 7) is 10.1. The van der Waals surface area contributed by atoms with Crippen LogP contribution in [0.25, 0.3) is 0 Å². The molecule has 0 saturated carbocycles. The van der Waals surface area contributed by atoms with Gasteiger partial charge in [-0.3, -0.25) is 4.90 Å². The number of nitrogens with one attached hydrogen (secondary N) is 1. The molecule has 0 aliphatic heterocycles. The van der Waals surface area contributed by atoms with E-state index in [9.17, 15) is 13.2 Å². The molecule has 0 saturated heterocycles. The number of hydrogen-bond acceptors (Lipinski definition) is 3. The van der Waals surface area contributed by atoms with Gasteiger partial charge in [0.1, 0.15) is 6.61 Å². The Morgan fingerprint density at radius 3 is 2.11 bits per heavy atom. The van der Waals surface area contributed by atoms with E-state index in [2.05, 4.69) is 42.6 Å².